The molecule has 2 fully saturated rings. The molecule has 1 aliphatic carbocycles. The van der Waals surface area contributed by atoms with Crippen molar-refractivity contribution in [2.45, 2.75) is 61.0 Å². The molecule has 2 aromatic rings. The molecular weight excluding hydrogens is 398 g/mol. The van der Waals surface area contributed by atoms with E-state index in [1.54, 1.807) is 24.3 Å². The molecule has 1 N–H and O–H groups in total. The lowest BCUT2D eigenvalue weighted by atomic mass is 10.1. The van der Waals surface area contributed by atoms with Crippen molar-refractivity contribution in [1.29, 1.82) is 0 Å². The van der Waals surface area contributed by atoms with E-state index >= 15 is 0 Å². The normalized spacial score (nSPS) is 29.7. The quantitative estimate of drug-likeness (QED) is 0.573. The molecule has 0 aromatic heterocycles. The first-order valence-electron chi connectivity index (χ1n) is 9.46. The van der Waals surface area contributed by atoms with Crippen molar-refractivity contribution in [1.82, 2.24) is 4.72 Å². The van der Waals surface area contributed by atoms with Crippen LogP contribution >= 0.6 is 11.6 Å². The Balaban J connectivity index is 1.45. The summed E-state index contributed by atoms with van der Waals surface area (Å²) in [5.74, 6) is 0. The van der Waals surface area contributed by atoms with Crippen molar-refractivity contribution < 1.29 is 17.9 Å². The Hall–Kier alpha value is -1.44. The van der Waals surface area contributed by atoms with Crippen molar-refractivity contribution in [3.8, 4) is 0 Å². The number of sulfonamides is 1. The number of nitrogens with one attached hydrogen (secondary N) is 1. The zero-order chi connectivity index (χ0) is 19.7. The third-order valence-electron chi connectivity index (χ3n) is 5.29. The number of hydrogen-bond acceptors (Lipinski definition) is 4. The molecule has 1 aliphatic heterocycles. The number of halogens is 1. The SMILES string of the molecule is Cc1ccc(S(=O)(=O)N[C@@H]2C[C@@H](OCc3ccccc3)C[C@@H](Cl)[C@@H]3O[C@@H]32)cc1. The molecule has 0 unspecified atom stereocenters. The van der Waals surface area contributed by atoms with Crippen LogP contribution in [0.1, 0.15) is 24.0 Å². The summed E-state index contributed by atoms with van der Waals surface area (Å²) in [5.41, 5.74) is 2.09. The van der Waals surface area contributed by atoms with Gasteiger partial charge in [0.2, 0.25) is 10.0 Å². The molecule has 1 heterocycles. The van der Waals surface area contributed by atoms with Gasteiger partial charge in [0.25, 0.3) is 0 Å². The van der Waals surface area contributed by atoms with E-state index in [1.165, 1.54) is 0 Å². The third-order valence-corrected chi connectivity index (χ3v) is 7.22. The van der Waals surface area contributed by atoms with Crippen LogP contribution in [-0.4, -0.2) is 38.1 Å². The van der Waals surface area contributed by atoms with Crippen molar-refractivity contribution >= 4 is 21.6 Å². The lowest BCUT2D eigenvalue weighted by Gasteiger charge is -2.23. The van der Waals surface area contributed by atoms with Gasteiger partial charge in [0.05, 0.1) is 29.0 Å². The molecule has 28 heavy (non-hydrogen) atoms. The molecule has 150 valence electrons. The van der Waals surface area contributed by atoms with E-state index in [2.05, 4.69) is 4.72 Å². The molecule has 5 nitrogen and oxygen atoms in total. The number of ether oxygens (including phenoxy) is 2. The summed E-state index contributed by atoms with van der Waals surface area (Å²) in [6, 6.07) is 16.4. The second-order valence-electron chi connectivity index (χ2n) is 7.51. The predicted octanol–water partition coefficient (Wildman–Crippen LogP) is 3.40. The minimum atomic E-state index is -3.64. The number of rotatable bonds is 6. The molecule has 0 amide bonds. The van der Waals surface area contributed by atoms with Gasteiger partial charge in [0, 0.05) is 0 Å². The first-order chi connectivity index (χ1) is 13.4. The first kappa shape index (κ1) is 19.9. The largest absolute Gasteiger partial charge is 0.373 e. The molecule has 5 atom stereocenters. The maximum Gasteiger partial charge on any atom is 0.240 e. The average molecular weight is 422 g/mol. The Morgan fingerprint density at radius 3 is 2.50 bits per heavy atom. The van der Waals surface area contributed by atoms with Crippen LogP contribution in [0.25, 0.3) is 0 Å². The maximum absolute atomic E-state index is 12.8. The summed E-state index contributed by atoms with van der Waals surface area (Å²) < 4.78 is 40.2. The van der Waals surface area contributed by atoms with Gasteiger partial charge in [-0.05, 0) is 37.5 Å². The van der Waals surface area contributed by atoms with Gasteiger partial charge in [-0.15, -0.1) is 11.6 Å². The van der Waals surface area contributed by atoms with E-state index in [9.17, 15) is 8.42 Å². The van der Waals surface area contributed by atoms with Crippen molar-refractivity contribution in [2.75, 3.05) is 0 Å². The van der Waals surface area contributed by atoms with E-state index in [0.29, 0.717) is 19.4 Å². The number of aryl methyl sites for hydroxylation is 1. The molecule has 1 saturated carbocycles. The second-order valence-corrected chi connectivity index (χ2v) is 9.79. The Kier molecular flexibility index (Phi) is 5.76. The fraction of sp³-hybridized carbons (Fsp3) is 0.429. The topological polar surface area (TPSA) is 67.9 Å². The third kappa shape index (κ3) is 4.58. The summed E-state index contributed by atoms with van der Waals surface area (Å²) in [6.45, 7) is 2.40. The second kappa shape index (κ2) is 8.13. The number of hydrogen-bond donors (Lipinski definition) is 1. The highest BCUT2D eigenvalue weighted by Gasteiger charge is 2.53. The van der Waals surface area contributed by atoms with E-state index in [-0.39, 0.29) is 34.6 Å². The van der Waals surface area contributed by atoms with Gasteiger partial charge in [-0.1, -0.05) is 48.0 Å². The Morgan fingerprint density at radius 2 is 1.79 bits per heavy atom. The highest BCUT2D eigenvalue weighted by molar-refractivity contribution is 7.89. The lowest BCUT2D eigenvalue weighted by Crippen LogP contribution is -2.41. The Morgan fingerprint density at radius 1 is 1.07 bits per heavy atom. The number of benzene rings is 2. The zero-order valence-corrected chi connectivity index (χ0v) is 17.2. The molecule has 2 aromatic carbocycles. The van der Waals surface area contributed by atoms with E-state index in [4.69, 9.17) is 21.1 Å². The standard InChI is InChI=1S/C21H24ClNO4S/c1-14-7-9-17(10-8-14)28(24,25)23-19-12-16(11-18(22)20-21(19)27-20)26-13-15-5-3-2-4-6-15/h2-10,16,18-21,23H,11-13H2,1H3/t16-,18+,19+,20-,21+/m0/s1. The van der Waals surface area contributed by atoms with Crippen molar-refractivity contribution in [2.24, 2.45) is 0 Å². The number of epoxide rings is 1. The molecular formula is C21H24ClNO4S. The minimum Gasteiger partial charge on any atom is -0.373 e. The minimum absolute atomic E-state index is 0.127. The van der Waals surface area contributed by atoms with Gasteiger partial charge in [-0.3, -0.25) is 0 Å². The lowest BCUT2D eigenvalue weighted by molar-refractivity contribution is 0.0213. The van der Waals surface area contributed by atoms with Crippen molar-refractivity contribution in [3.63, 3.8) is 0 Å². The summed E-state index contributed by atoms with van der Waals surface area (Å²) in [4.78, 5) is 0.253. The highest BCUT2D eigenvalue weighted by Crippen LogP contribution is 2.40. The smallest absolute Gasteiger partial charge is 0.240 e. The zero-order valence-electron chi connectivity index (χ0n) is 15.6. The highest BCUT2D eigenvalue weighted by atomic mass is 35.5. The van der Waals surface area contributed by atoms with Gasteiger partial charge < -0.3 is 9.47 Å². The van der Waals surface area contributed by atoms with Gasteiger partial charge in [-0.25, -0.2) is 13.1 Å². The van der Waals surface area contributed by atoms with Crippen LogP contribution in [0.2, 0.25) is 0 Å². The van der Waals surface area contributed by atoms with Gasteiger partial charge in [0.15, 0.2) is 0 Å². The van der Waals surface area contributed by atoms with Gasteiger partial charge in [-0.2, -0.15) is 0 Å². The van der Waals surface area contributed by atoms with Gasteiger partial charge >= 0.3 is 0 Å². The average Bonchev–Trinajstić information content (AvgIpc) is 3.48. The van der Waals surface area contributed by atoms with E-state index in [0.717, 1.165) is 11.1 Å². The summed E-state index contributed by atoms with van der Waals surface area (Å²) in [7, 11) is -3.64. The maximum atomic E-state index is 12.8. The predicted molar refractivity (Wildman–Crippen MR) is 108 cm³/mol. The molecule has 1 saturated heterocycles. The fourth-order valence-electron chi connectivity index (χ4n) is 3.67. The number of alkyl halides is 1. The summed E-state index contributed by atoms with van der Waals surface area (Å²) >= 11 is 6.48. The van der Waals surface area contributed by atoms with Crippen LogP contribution in [0, 0.1) is 6.92 Å². The monoisotopic (exact) mass is 421 g/mol. The van der Waals surface area contributed by atoms with Crippen LogP contribution in [-0.2, 0) is 26.1 Å². The van der Waals surface area contributed by atoms with Crippen LogP contribution in [0.3, 0.4) is 0 Å². The van der Waals surface area contributed by atoms with Crippen LogP contribution in [0.5, 0.6) is 0 Å². The molecule has 4 rings (SSSR count). The first-order valence-corrected chi connectivity index (χ1v) is 11.4. The van der Waals surface area contributed by atoms with Crippen LogP contribution in [0.15, 0.2) is 59.5 Å². The summed E-state index contributed by atoms with van der Waals surface area (Å²) in [5, 5.41) is -0.181. The molecule has 2 aliphatic rings. The van der Waals surface area contributed by atoms with Crippen LogP contribution < -0.4 is 4.72 Å². The van der Waals surface area contributed by atoms with E-state index < -0.39 is 10.0 Å². The molecule has 0 radical (unpaired) electrons. The van der Waals surface area contributed by atoms with Crippen LogP contribution in [0.4, 0.5) is 0 Å². The Bertz CT molecular complexity index is 904. The molecule has 7 heteroatoms. The fourth-order valence-corrected chi connectivity index (χ4v) is 5.33. The molecule has 0 bridgehead atoms. The number of fused-ring (bicyclic) bond motifs is 1. The van der Waals surface area contributed by atoms with E-state index in [1.807, 2.05) is 37.3 Å². The Labute approximate surface area is 171 Å². The van der Waals surface area contributed by atoms with Crippen molar-refractivity contribution in [3.05, 3.63) is 65.7 Å². The van der Waals surface area contributed by atoms with Gasteiger partial charge in [0.1, 0.15) is 12.2 Å². The molecule has 0 spiro atoms. The summed E-state index contributed by atoms with van der Waals surface area (Å²) in [6.07, 6.45) is 0.705.